The third kappa shape index (κ3) is 6.21. The summed E-state index contributed by atoms with van der Waals surface area (Å²) in [6.07, 6.45) is 4.56. The second-order valence-electron chi connectivity index (χ2n) is 7.80. The van der Waals surface area contributed by atoms with Crippen LogP contribution in [0, 0.1) is 6.92 Å². The quantitative estimate of drug-likeness (QED) is 0.324. The molecule has 3 heterocycles. The number of methoxy groups -OCH3 is 1. The van der Waals surface area contributed by atoms with Crippen LogP contribution in [0.2, 0.25) is 5.02 Å². The van der Waals surface area contributed by atoms with E-state index in [1.165, 1.54) is 19.4 Å². The van der Waals surface area contributed by atoms with E-state index >= 15 is 0 Å². The van der Waals surface area contributed by atoms with E-state index in [0.717, 1.165) is 17.0 Å². The fourth-order valence-electron chi connectivity index (χ4n) is 3.30. The van der Waals surface area contributed by atoms with Crippen LogP contribution in [0.3, 0.4) is 0 Å². The zero-order chi connectivity index (χ0) is 26.6. The van der Waals surface area contributed by atoms with Gasteiger partial charge in [0.1, 0.15) is 12.4 Å². The highest BCUT2D eigenvalue weighted by Gasteiger charge is 2.19. The Morgan fingerprint density at radius 3 is 2.65 bits per heavy atom. The molecule has 10 nitrogen and oxygen atoms in total. The number of halogens is 1. The summed E-state index contributed by atoms with van der Waals surface area (Å²) in [5.41, 5.74) is 2.94. The fourth-order valence-corrected chi connectivity index (χ4v) is 4.84. The maximum atomic E-state index is 13.2. The van der Waals surface area contributed by atoms with Crippen LogP contribution >= 0.6 is 22.9 Å². The number of hydrogen-bond donors (Lipinski definition) is 1. The topological polar surface area (TPSA) is 129 Å². The van der Waals surface area contributed by atoms with Gasteiger partial charge in [-0.15, -0.1) is 5.10 Å². The van der Waals surface area contributed by atoms with Crippen molar-refractivity contribution in [2.45, 2.75) is 18.4 Å². The Balaban J connectivity index is 1.48. The molecule has 0 saturated carbocycles. The van der Waals surface area contributed by atoms with Gasteiger partial charge in [0, 0.05) is 47.5 Å². The molecule has 192 valence electrons. The Kier molecular flexibility index (Phi) is 8.00. The predicted octanol–water partition coefficient (Wildman–Crippen LogP) is 4.88. The lowest BCUT2D eigenvalue weighted by molar-refractivity contribution is 0.102. The number of hydrogen-bond acceptors (Lipinski definition) is 10. The van der Waals surface area contributed by atoms with Crippen molar-refractivity contribution in [1.82, 2.24) is 20.2 Å². The van der Waals surface area contributed by atoms with E-state index in [4.69, 9.17) is 21.1 Å². The molecule has 3 aromatic heterocycles. The number of rotatable bonds is 8. The molecule has 0 bridgehead atoms. The summed E-state index contributed by atoms with van der Waals surface area (Å²) < 4.78 is 27.3. The van der Waals surface area contributed by atoms with Gasteiger partial charge in [-0.1, -0.05) is 16.7 Å². The molecular weight excluding hydrogens is 536 g/mol. The standard InChI is InChI=1S/C24H23ClN6O4S2/c1-14-9-18(19-10-15(25)5-8-21(19)34-3)20(12-27-14)22(32)29-23-30-31-24(36-23)35-13-16-6-7-17(11-28-16)37(4,33)26-2/h5-12H,13H2,1-4H3,(H,29,30,32)/t37-/m1/s1. The number of benzene rings is 1. The van der Waals surface area contributed by atoms with Crippen molar-refractivity contribution in [3.63, 3.8) is 0 Å². The van der Waals surface area contributed by atoms with Crippen LogP contribution in [-0.2, 0) is 16.3 Å². The Bertz CT molecular complexity index is 1570. The minimum Gasteiger partial charge on any atom is -0.496 e. The smallest absolute Gasteiger partial charge is 0.296 e. The zero-order valence-corrected chi connectivity index (χ0v) is 22.8. The average molecular weight is 559 g/mol. The molecule has 0 fully saturated rings. The molecule has 0 unspecified atom stereocenters. The van der Waals surface area contributed by atoms with Crippen molar-refractivity contribution in [1.29, 1.82) is 0 Å². The SMILES string of the molecule is CN=[S@](C)(=O)c1ccc(COc2nnc(NC(=O)c3cnc(C)cc3-c3cc(Cl)ccc3OC)s2)nc1. The summed E-state index contributed by atoms with van der Waals surface area (Å²) >= 11 is 7.28. The third-order valence-electron chi connectivity index (χ3n) is 5.29. The summed E-state index contributed by atoms with van der Waals surface area (Å²) in [5, 5.41) is 11.7. The molecule has 0 spiro atoms. The second-order valence-corrected chi connectivity index (χ2v) is 11.6. The number of aryl methyl sites for hydroxylation is 1. The molecular formula is C24H23ClN6O4S2. The summed E-state index contributed by atoms with van der Waals surface area (Å²) in [6.45, 7) is 1.95. The minimum atomic E-state index is -2.45. The number of ether oxygens (including phenoxy) is 2. The normalized spacial score (nSPS) is 12.5. The Morgan fingerprint density at radius 1 is 1.14 bits per heavy atom. The molecule has 0 aliphatic rings. The zero-order valence-electron chi connectivity index (χ0n) is 20.4. The number of carbonyl (C=O) groups is 1. The lowest BCUT2D eigenvalue weighted by Crippen LogP contribution is -2.14. The van der Waals surface area contributed by atoms with Gasteiger partial charge in [-0.2, -0.15) is 0 Å². The molecule has 1 N–H and O–H groups in total. The van der Waals surface area contributed by atoms with E-state index in [-0.39, 0.29) is 16.9 Å². The van der Waals surface area contributed by atoms with E-state index in [1.807, 2.05) is 6.92 Å². The van der Waals surface area contributed by atoms with Crippen molar-refractivity contribution in [3.05, 3.63) is 70.8 Å². The number of aromatic nitrogens is 4. The molecule has 1 amide bonds. The van der Waals surface area contributed by atoms with Crippen molar-refractivity contribution in [2.24, 2.45) is 4.36 Å². The lowest BCUT2D eigenvalue weighted by atomic mass is 9.99. The van der Waals surface area contributed by atoms with E-state index in [2.05, 4.69) is 29.8 Å². The first-order valence-corrected chi connectivity index (χ1v) is 14.0. The monoisotopic (exact) mass is 558 g/mol. The van der Waals surface area contributed by atoms with Gasteiger partial charge >= 0.3 is 0 Å². The molecule has 0 saturated heterocycles. The number of anilines is 1. The van der Waals surface area contributed by atoms with Crippen molar-refractivity contribution in [3.8, 4) is 22.1 Å². The number of nitrogens with one attached hydrogen (secondary N) is 1. The largest absolute Gasteiger partial charge is 0.496 e. The van der Waals surface area contributed by atoms with Gasteiger partial charge in [-0.05, 0) is 54.7 Å². The van der Waals surface area contributed by atoms with E-state index < -0.39 is 15.6 Å². The summed E-state index contributed by atoms with van der Waals surface area (Å²) in [5.74, 6) is 0.150. The molecule has 4 aromatic rings. The van der Waals surface area contributed by atoms with Crippen LogP contribution in [0.1, 0.15) is 21.7 Å². The molecule has 0 radical (unpaired) electrons. The third-order valence-corrected chi connectivity index (χ3v) is 8.09. The van der Waals surface area contributed by atoms with E-state index in [0.29, 0.717) is 38.1 Å². The van der Waals surface area contributed by atoms with Crippen LogP contribution in [0.25, 0.3) is 11.1 Å². The van der Waals surface area contributed by atoms with Crippen molar-refractivity contribution >= 4 is 43.7 Å². The number of amides is 1. The highest BCUT2D eigenvalue weighted by Crippen LogP contribution is 2.35. The van der Waals surface area contributed by atoms with Gasteiger partial charge in [0.25, 0.3) is 11.1 Å². The highest BCUT2D eigenvalue weighted by atomic mass is 35.5. The van der Waals surface area contributed by atoms with Gasteiger partial charge in [-0.3, -0.25) is 20.1 Å². The molecule has 1 atom stereocenters. The van der Waals surface area contributed by atoms with Crippen LogP contribution in [0.4, 0.5) is 5.13 Å². The predicted molar refractivity (Wildman–Crippen MR) is 143 cm³/mol. The van der Waals surface area contributed by atoms with Crippen LogP contribution < -0.4 is 14.8 Å². The Hall–Kier alpha value is -3.61. The Morgan fingerprint density at radius 2 is 1.95 bits per heavy atom. The fraction of sp³-hybridized carbons (Fsp3) is 0.208. The van der Waals surface area contributed by atoms with Gasteiger partial charge < -0.3 is 9.47 Å². The minimum absolute atomic E-state index is 0.123. The van der Waals surface area contributed by atoms with Crippen molar-refractivity contribution < 1.29 is 18.5 Å². The molecule has 37 heavy (non-hydrogen) atoms. The summed E-state index contributed by atoms with van der Waals surface area (Å²) in [4.78, 5) is 22.2. The van der Waals surface area contributed by atoms with Crippen LogP contribution in [-0.4, -0.2) is 50.7 Å². The van der Waals surface area contributed by atoms with Gasteiger partial charge in [0.05, 0.1) is 33.0 Å². The van der Waals surface area contributed by atoms with Crippen LogP contribution in [0.5, 0.6) is 10.9 Å². The summed E-state index contributed by atoms with van der Waals surface area (Å²) in [6, 6.07) is 10.4. The van der Waals surface area contributed by atoms with Gasteiger partial charge in [0.15, 0.2) is 0 Å². The highest BCUT2D eigenvalue weighted by molar-refractivity contribution is 7.93. The van der Waals surface area contributed by atoms with E-state index in [9.17, 15) is 9.00 Å². The number of pyridine rings is 2. The lowest BCUT2D eigenvalue weighted by Gasteiger charge is -2.13. The molecule has 4 rings (SSSR count). The average Bonchev–Trinajstić information content (AvgIpc) is 3.34. The van der Waals surface area contributed by atoms with Gasteiger partial charge in [0.2, 0.25) is 5.13 Å². The molecule has 1 aromatic carbocycles. The Labute approximate surface area is 223 Å². The number of carbonyl (C=O) groups excluding carboxylic acids is 1. The summed E-state index contributed by atoms with van der Waals surface area (Å²) in [7, 11) is 0.611. The van der Waals surface area contributed by atoms with Crippen molar-refractivity contribution in [2.75, 3.05) is 25.7 Å². The molecule has 13 heteroatoms. The second kappa shape index (κ2) is 11.2. The first-order valence-electron chi connectivity index (χ1n) is 10.8. The van der Waals surface area contributed by atoms with Crippen LogP contribution in [0.15, 0.2) is 58.1 Å². The molecule has 0 aliphatic heterocycles. The first-order chi connectivity index (χ1) is 17.7. The molecule has 0 aliphatic carbocycles. The number of nitrogens with zero attached hydrogens (tertiary/aromatic N) is 5. The van der Waals surface area contributed by atoms with Gasteiger partial charge in [-0.25, -0.2) is 8.57 Å². The maximum Gasteiger partial charge on any atom is 0.296 e. The first kappa shape index (κ1) is 26.5. The maximum absolute atomic E-state index is 13.2. The van der Waals surface area contributed by atoms with E-state index in [1.54, 1.807) is 49.8 Å².